The van der Waals surface area contributed by atoms with Crippen LogP contribution in [0.25, 0.3) is 0 Å². The van der Waals surface area contributed by atoms with Crippen LogP contribution in [-0.4, -0.2) is 10.1 Å². The Morgan fingerprint density at radius 3 is 2.69 bits per heavy atom. The normalized spacial score (nSPS) is 10.8. The molecular formula is C7H7ClF2N2O. The third-order valence-electron chi connectivity index (χ3n) is 1.51. The number of hydrogen-bond acceptors (Lipinski definition) is 3. The van der Waals surface area contributed by atoms with Gasteiger partial charge >= 0.3 is 0 Å². The van der Waals surface area contributed by atoms with E-state index in [1.807, 2.05) is 0 Å². The minimum atomic E-state index is -2.72. The molecule has 13 heavy (non-hydrogen) atoms. The van der Waals surface area contributed by atoms with Crippen molar-refractivity contribution in [2.75, 3.05) is 5.73 Å². The molecule has 1 aromatic rings. The SMILES string of the molecule is Nc1c(CO)cc(C(F)F)nc1Cl. The van der Waals surface area contributed by atoms with Crippen molar-refractivity contribution in [1.82, 2.24) is 4.98 Å². The molecular weight excluding hydrogens is 202 g/mol. The van der Waals surface area contributed by atoms with Crippen molar-refractivity contribution in [2.45, 2.75) is 13.0 Å². The van der Waals surface area contributed by atoms with Gasteiger partial charge in [0.05, 0.1) is 12.3 Å². The Bertz CT molecular complexity index is 320. The van der Waals surface area contributed by atoms with Crippen LogP contribution < -0.4 is 5.73 Å². The molecule has 1 rings (SSSR count). The van der Waals surface area contributed by atoms with Crippen LogP contribution in [0.15, 0.2) is 6.07 Å². The summed E-state index contributed by atoms with van der Waals surface area (Å²) in [5, 5.41) is 8.53. The molecule has 0 atom stereocenters. The second-order valence-electron chi connectivity index (χ2n) is 2.37. The van der Waals surface area contributed by atoms with Crippen LogP contribution in [0, 0.1) is 0 Å². The third kappa shape index (κ3) is 2.05. The van der Waals surface area contributed by atoms with Crippen LogP contribution in [-0.2, 0) is 6.61 Å². The summed E-state index contributed by atoms with van der Waals surface area (Å²) in [5.41, 5.74) is 5.08. The zero-order valence-electron chi connectivity index (χ0n) is 6.47. The third-order valence-corrected chi connectivity index (χ3v) is 1.80. The minimum Gasteiger partial charge on any atom is -0.396 e. The van der Waals surface area contributed by atoms with Crippen molar-refractivity contribution in [1.29, 1.82) is 0 Å². The van der Waals surface area contributed by atoms with Gasteiger partial charge in [-0.1, -0.05) is 11.6 Å². The molecule has 0 radical (unpaired) electrons. The quantitative estimate of drug-likeness (QED) is 0.728. The maximum atomic E-state index is 12.2. The van der Waals surface area contributed by atoms with Gasteiger partial charge in [0.2, 0.25) is 0 Å². The summed E-state index contributed by atoms with van der Waals surface area (Å²) < 4.78 is 24.3. The predicted molar refractivity (Wildman–Crippen MR) is 44.5 cm³/mol. The van der Waals surface area contributed by atoms with E-state index in [-0.39, 0.29) is 16.4 Å². The van der Waals surface area contributed by atoms with E-state index < -0.39 is 18.7 Å². The average molecular weight is 209 g/mol. The molecule has 6 heteroatoms. The first-order valence-corrected chi connectivity index (χ1v) is 3.78. The molecule has 3 nitrogen and oxygen atoms in total. The van der Waals surface area contributed by atoms with E-state index in [0.717, 1.165) is 6.07 Å². The molecule has 72 valence electrons. The molecule has 0 aromatic carbocycles. The Morgan fingerprint density at radius 2 is 2.23 bits per heavy atom. The number of pyridine rings is 1. The van der Waals surface area contributed by atoms with E-state index in [1.54, 1.807) is 0 Å². The van der Waals surface area contributed by atoms with E-state index in [9.17, 15) is 8.78 Å². The zero-order chi connectivity index (χ0) is 10.0. The molecule has 0 spiro atoms. The molecule has 0 aliphatic carbocycles. The molecule has 0 amide bonds. The van der Waals surface area contributed by atoms with Gasteiger partial charge in [0.15, 0.2) is 5.15 Å². The fraction of sp³-hybridized carbons (Fsp3) is 0.286. The number of alkyl halides is 2. The molecule has 0 unspecified atom stereocenters. The van der Waals surface area contributed by atoms with Crippen molar-refractivity contribution in [3.05, 3.63) is 22.5 Å². The predicted octanol–water partition coefficient (Wildman–Crippen LogP) is 1.75. The van der Waals surface area contributed by atoms with Crippen LogP contribution in [0.2, 0.25) is 5.15 Å². The molecule has 0 saturated heterocycles. The first-order valence-electron chi connectivity index (χ1n) is 3.40. The van der Waals surface area contributed by atoms with E-state index in [2.05, 4.69) is 4.98 Å². The standard InChI is InChI=1S/C7H7ClF2N2O/c8-6-5(11)3(2-13)1-4(12-6)7(9)10/h1,7,13H,2,11H2. The van der Waals surface area contributed by atoms with E-state index >= 15 is 0 Å². The van der Waals surface area contributed by atoms with Crippen molar-refractivity contribution in [2.24, 2.45) is 0 Å². The lowest BCUT2D eigenvalue weighted by molar-refractivity contribution is 0.146. The number of hydrogen-bond donors (Lipinski definition) is 2. The fourth-order valence-corrected chi connectivity index (χ4v) is 1.06. The summed E-state index contributed by atoms with van der Waals surface area (Å²) in [7, 11) is 0. The van der Waals surface area contributed by atoms with E-state index in [4.69, 9.17) is 22.4 Å². The topological polar surface area (TPSA) is 59.1 Å². The summed E-state index contributed by atoms with van der Waals surface area (Å²) >= 11 is 5.46. The Kier molecular flexibility index (Phi) is 3.00. The van der Waals surface area contributed by atoms with Crippen molar-refractivity contribution in [3.63, 3.8) is 0 Å². The molecule has 0 aliphatic rings. The number of aliphatic hydroxyl groups excluding tert-OH is 1. The van der Waals surface area contributed by atoms with Gasteiger partial charge < -0.3 is 10.8 Å². The van der Waals surface area contributed by atoms with E-state index in [0.29, 0.717) is 0 Å². The highest BCUT2D eigenvalue weighted by Crippen LogP contribution is 2.26. The Labute approximate surface area is 78.1 Å². The number of aromatic nitrogens is 1. The summed E-state index contributed by atoms with van der Waals surface area (Å²) in [6.07, 6.45) is -2.72. The number of aliphatic hydroxyl groups is 1. The molecule has 0 saturated carbocycles. The van der Waals surface area contributed by atoms with Crippen LogP contribution in [0.1, 0.15) is 17.7 Å². The molecule has 3 N–H and O–H groups in total. The Hall–Kier alpha value is -0.940. The monoisotopic (exact) mass is 208 g/mol. The van der Waals surface area contributed by atoms with Crippen LogP contribution >= 0.6 is 11.6 Å². The summed E-state index contributed by atoms with van der Waals surface area (Å²) in [6, 6.07) is 1.03. The molecule has 0 fully saturated rings. The van der Waals surface area contributed by atoms with Crippen molar-refractivity contribution >= 4 is 17.3 Å². The first kappa shape index (κ1) is 10.1. The van der Waals surface area contributed by atoms with Gasteiger partial charge in [-0.2, -0.15) is 0 Å². The number of rotatable bonds is 2. The van der Waals surface area contributed by atoms with Gasteiger partial charge in [-0.3, -0.25) is 0 Å². The molecule has 0 aliphatic heterocycles. The summed E-state index contributed by atoms with van der Waals surface area (Å²) in [5.74, 6) is 0. The van der Waals surface area contributed by atoms with Crippen molar-refractivity contribution in [3.8, 4) is 0 Å². The first-order chi connectivity index (χ1) is 6.06. The second-order valence-corrected chi connectivity index (χ2v) is 2.73. The second kappa shape index (κ2) is 3.85. The summed E-state index contributed by atoms with van der Waals surface area (Å²) in [4.78, 5) is 3.36. The fourth-order valence-electron chi connectivity index (χ4n) is 0.837. The number of halogens is 3. The Morgan fingerprint density at radius 1 is 1.62 bits per heavy atom. The lowest BCUT2D eigenvalue weighted by Gasteiger charge is -2.06. The molecule has 0 bridgehead atoms. The average Bonchev–Trinajstić information content (AvgIpc) is 2.09. The highest BCUT2D eigenvalue weighted by molar-refractivity contribution is 6.32. The smallest absolute Gasteiger partial charge is 0.280 e. The van der Waals surface area contributed by atoms with Gasteiger partial charge in [-0.05, 0) is 6.07 Å². The van der Waals surface area contributed by atoms with Gasteiger partial charge in [-0.15, -0.1) is 0 Å². The lowest BCUT2D eigenvalue weighted by atomic mass is 10.2. The molecule has 1 aromatic heterocycles. The zero-order valence-corrected chi connectivity index (χ0v) is 7.22. The van der Waals surface area contributed by atoms with Crippen LogP contribution in [0.3, 0.4) is 0 Å². The van der Waals surface area contributed by atoms with Gasteiger partial charge in [0.25, 0.3) is 6.43 Å². The number of nitrogen functional groups attached to an aromatic ring is 1. The highest BCUT2D eigenvalue weighted by Gasteiger charge is 2.14. The highest BCUT2D eigenvalue weighted by atomic mass is 35.5. The largest absolute Gasteiger partial charge is 0.396 e. The number of anilines is 1. The van der Waals surface area contributed by atoms with Crippen LogP contribution in [0.5, 0.6) is 0 Å². The van der Waals surface area contributed by atoms with E-state index in [1.165, 1.54) is 0 Å². The van der Waals surface area contributed by atoms with Crippen molar-refractivity contribution < 1.29 is 13.9 Å². The summed E-state index contributed by atoms with van der Waals surface area (Å²) in [6.45, 7) is -0.437. The van der Waals surface area contributed by atoms with Gasteiger partial charge in [0, 0.05) is 5.56 Å². The van der Waals surface area contributed by atoms with Gasteiger partial charge in [0.1, 0.15) is 5.69 Å². The molecule has 1 heterocycles. The number of nitrogens with zero attached hydrogens (tertiary/aromatic N) is 1. The Balaban J connectivity index is 3.22. The maximum Gasteiger partial charge on any atom is 0.280 e. The van der Waals surface area contributed by atoms with Crippen LogP contribution in [0.4, 0.5) is 14.5 Å². The minimum absolute atomic E-state index is 0.0357. The number of nitrogens with two attached hydrogens (primary N) is 1. The lowest BCUT2D eigenvalue weighted by Crippen LogP contribution is -2.01. The maximum absolute atomic E-state index is 12.2. The van der Waals surface area contributed by atoms with Gasteiger partial charge in [-0.25, -0.2) is 13.8 Å².